The van der Waals surface area contributed by atoms with E-state index >= 15 is 0 Å². The van der Waals surface area contributed by atoms with Crippen LogP contribution in [-0.2, 0) is 52.6 Å². The molecular weight excluding hydrogens is 701 g/mol. The smallest absolute Gasteiger partial charge is 0.329 e. The number of hydrogen-bond donors (Lipinski definition) is 4. The second-order valence-electron chi connectivity index (χ2n) is 12.7. The quantitative estimate of drug-likeness (QED) is 0.102. The lowest BCUT2D eigenvalue weighted by Gasteiger charge is -2.36. The van der Waals surface area contributed by atoms with E-state index in [4.69, 9.17) is 46.9 Å². The van der Waals surface area contributed by atoms with E-state index in [9.17, 15) is 19.5 Å². The average molecular weight is 751 g/mol. The molecule has 0 aliphatic heterocycles. The normalized spacial score (nSPS) is 16.7. The van der Waals surface area contributed by atoms with Crippen molar-refractivity contribution in [2.45, 2.75) is 64.0 Å². The van der Waals surface area contributed by atoms with Crippen molar-refractivity contribution in [2.75, 3.05) is 60.0 Å². The number of halogens is 2. The number of carbonyl (C=O) groups excluding carboxylic acids is 2. The number of carboxylic acid groups (broad SMARTS) is 1. The zero-order valence-corrected chi connectivity index (χ0v) is 31.0. The van der Waals surface area contributed by atoms with Crippen LogP contribution in [0.25, 0.3) is 10.9 Å². The van der Waals surface area contributed by atoms with Gasteiger partial charge < -0.3 is 44.4 Å². The molecule has 2 aromatic carbocycles. The minimum absolute atomic E-state index is 0.0436. The number of carbonyl (C=O) groups is 3. The summed E-state index contributed by atoms with van der Waals surface area (Å²) in [5.74, 6) is -1.61. The number of para-hydroxylation sites is 1. The number of benzene rings is 2. The molecule has 0 saturated carbocycles. The van der Waals surface area contributed by atoms with Gasteiger partial charge in [-0.15, -0.1) is 0 Å². The summed E-state index contributed by atoms with van der Waals surface area (Å²) in [6, 6.07) is 9.91. The number of H-pyrrole nitrogens is 1. The number of aromatic amines is 1. The monoisotopic (exact) mass is 749 g/mol. The van der Waals surface area contributed by atoms with Gasteiger partial charge in [-0.05, 0) is 54.5 Å². The zero-order chi connectivity index (χ0) is 36.8. The molecule has 1 heterocycles. The van der Waals surface area contributed by atoms with Crippen LogP contribution in [0.2, 0.25) is 10.0 Å². The molecule has 0 spiro atoms. The van der Waals surface area contributed by atoms with E-state index in [-0.39, 0.29) is 31.1 Å². The number of amides is 2. The average Bonchev–Trinajstić information content (AvgIpc) is 3.47. The summed E-state index contributed by atoms with van der Waals surface area (Å²) in [5.41, 5.74) is 1.57. The predicted molar refractivity (Wildman–Crippen MR) is 195 cm³/mol. The second kappa shape index (κ2) is 20.0. The van der Waals surface area contributed by atoms with Crippen molar-refractivity contribution < 1.29 is 43.2 Å². The van der Waals surface area contributed by atoms with Crippen LogP contribution in [0.5, 0.6) is 5.75 Å². The van der Waals surface area contributed by atoms with E-state index in [1.807, 2.05) is 38.1 Å². The molecule has 1 aliphatic rings. The van der Waals surface area contributed by atoms with Crippen LogP contribution in [0.3, 0.4) is 0 Å². The zero-order valence-electron chi connectivity index (χ0n) is 29.5. The number of methoxy groups -OCH3 is 1. The second-order valence-corrected chi connectivity index (χ2v) is 13.5. The Morgan fingerprint density at radius 3 is 2.31 bits per heavy atom. The lowest BCUT2D eigenvalue weighted by Crippen LogP contribution is -2.62. The summed E-state index contributed by atoms with van der Waals surface area (Å²) in [4.78, 5) is 43.2. The first-order valence-electron chi connectivity index (χ1n) is 17.3. The van der Waals surface area contributed by atoms with E-state index in [0.717, 1.165) is 22.2 Å². The Balaban J connectivity index is 1.29. The number of hydrogen-bond acceptors (Lipinski definition) is 8. The lowest BCUT2D eigenvalue weighted by molar-refractivity contribution is -0.149. The highest BCUT2D eigenvalue weighted by Crippen LogP contribution is 2.38. The third kappa shape index (κ3) is 11.3. The fourth-order valence-corrected chi connectivity index (χ4v) is 6.61. The highest BCUT2D eigenvalue weighted by Gasteiger charge is 2.45. The standard InChI is InChI=1S/C37H49Cl2N3O9/c1-4-24(2)33(35(44)42-37(36(45)46)12-11-30-28(23-37)27-21-26(38)22-29(39)34(27)40-30)41-32(43)10-9-25-7-5-6-8-31(25)51-20-19-50-18-17-49-16-15-48-14-13-47-3/h5-8,21-22,24,33,40H,4,9-20,23H2,1-3H3,(H,41,43)(H,42,44)(H,45,46). The largest absolute Gasteiger partial charge is 0.491 e. The molecule has 0 radical (unpaired) electrons. The van der Waals surface area contributed by atoms with Gasteiger partial charge in [0, 0.05) is 36.1 Å². The first kappa shape index (κ1) is 40.4. The molecule has 3 aromatic rings. The van der Waals surface area contributed by atoms with Gasteiger partial charge in [0.15, 0.2) is 0 Å². The minimum atomic E-state index is -1.57. The van der Waals surface area contributed by atoms with Crippen LogP contribution in [0.15, 0.2) is 36.4 Å². The third-order valence-corrected chi connectivity index (χ3v) is 9.66. The highest BCUT2D eigenvalue weighted by molar-refractivity contribution is 6.38. The number of rotatable bonds is 22. The van der Waals surface area contributed by atoms with Crippen molar-refractivity contribution in [3.05, 3.63) is 63.3 Å². The molecular formula is C37H49Cl2N3O9. The molecule has 3 unspecified atom stereocenters. The number of ether oxygens (including phenoxy) is 5. The van der Waals surface area contributed by atoms with Crippen molar-refractivity contribution in [3.63, 3.8) is 0 Å². The van der Waals surface area contributed by atoms with Gasteiger partial charge in [-0.2, -0.15) is 0 Å². The van der Waals surface area contributed by atoms with Crippen LogP contribution in [0, 0.1) is 5.92 Å². The van der Waals surface area contributed by atoms with Crippen molar-refractivity contribution in [1.82, 2.24) is 15.6 Å². The fraction of sp³-hybridized carbons (Fsp3) is 0.541. The molecule has 0 saturated heterocycles. The number of aryl methyl sites for hydroxylation is 2. The van der Waals surface area contributed by atoms with Gasteiger partial charge in [-0.3, -0.25) is 9.59 Å². The number of fused-ring (bicyclic) bond motifs is 3. The van der Waals surface area contributed by atoms with E-state index in [1.54, 1.807) is 19.2 Å². The Bertz CT molecular complexity index is 1620. The Morgan fingerprint density at radius 1 is 0.980 bits per heavy atom. The van der Waals surface area contributed by atoms with Crippen molar-refractivity contribution in [2.24, 2.45) is 5.92 Å². The van der Waals surface area contributed by atoms with Crippen LogP contribution < -0.4 is 15.4 Å². The maximum absolute atomic E-state index is 13.8. The molecule has 51 heavy (non-hydrogen) atoms. The minimum Gasteiger partial charge on any atom is -0.491 e. The molecule has 4 rings (SSSR count). The van der Waals surface area contributed by atoms with Crippen LogP contribution >= 0.6 is 23.2 Å². The fourth-order valence-electron chi connectivity index (χ4n) is 6.07. The molecule has 1 aliphatic carbocycles. The molecule has 280 valence electrons. The van der Waals surface area contributed by atoms with Gasteiger partial charge in [0.05, 0.1) is 56.8 Å². The Labute approximate surface area is 308 Å². The molecule has 12 nitrogen and oxygen atoms in total. The first-order chi connectivity index (χ1) is 24.6. The van der Waals surface area contributed by atoms with Gasteiger partial charge in [-0.1, -0.05) is 61.7 Å². The van der Waals surface area contributed by atoms with Crippen molar-refractivity contribution in [1.29, 1.82) is 0 Å². The van der Waals surface area contributed by atoms with Gasteiger partial charge in [0.25, 0.3) is 0 Å². The maximum Gasteiger partial charge on any atom is 0.329 e. The summed E-state index contributed by atoms with van der Waals surface area (Å²) in [7, 11) is 1.63. The summed E-state index contributed by atoms with van der Waals surface area (Å²) < 4.78 is 27.3. The van der Waals surface area contributed by atoms with Crippen LogP contribution in [0.4, 0.5) is 0 Å². The van der Waals surface area contributed by atoms with Gasteiger partial charge in [0.1, 0.15) is 23.9 Å². The topological polar surface area (TPSA) is 157 Å². The molecule has 4 N–H and O–H groups in total. The van der Waals surface area contributed by atoms with Gasteiger partial charge in [0.2, 0.25) is 11.8 Å². The summed E-state index contributed by atoms with van der Waals surface area (Å²) >= 11 is 12.7. The van der Waals surface area contributed by atoms with E-state index < -0.39 is 23.5 Å². The number of nitrogens with one attached hydrogen (secondary N) is 3. The van der Waals surface area contributed by atoms with E-state index in [1.165, 1.54) is 0 Å². The maximum atomic E-state index is 13.8. The summed E-state index contributed by atoms with van der Waals surface area (Å²) in [6.45, 7) is 7.41. The van der Waals surface area contributed by atoms with E-state index in [0.29, 0.717) is 93.4 Å². The Kier molecular flexibility index (Phi) is 15.8. The molecule has 0 bridgehead atoms. The molecule has 1 aromatic heterocycles. The van der Waals surface area contributed by atoms with Crippen LogP contribution in [-0.4, -0.2) is 99.4 Å². The van der Waals surface area contributed by atoms with E-state index in [2.05, 4.69) is 15.6 Å². The molecule has 0 fully saturated rings. The number of carboxylic acids is 1. The summed E-state index contributed by atoms with van der Waals surface area (Å²) in [6.07, 6.45) is 1.68. The Morgan fingerprint density at radius 2 is 1.65 bits per heavy atom. The first-order valence-corrected chi connectivity index (χ1v) is 18.1. The summed E-state index contributed by atoms with van der Waals surface area (Å²) in [5, 5.41) is 17.8. The van der Waals surface area contributed by atoms with Gasteiger partial charge in [-0.25, -0.2) is 4.79 Å². The van der Waals surface area contributed by atoms with Crippen LogP contribution in [0.1, 0.15) is 49.9 Å². The third-order valence-electron chi connectivity index (χ3n) is 9.14. The SMILES string of the molecule is CCC(C)C(NC(=O)CCc1ccccc1OCCOCCOCCOCCOC)C(=O)NC1(C(=O)O)CCc2[nH]c3c(Cl)cc(Cl)cc3c2C1. The number of aromatic nitrogens is 1. The molecule has 2 amide bonds. The lowest BCUT2D eigenvalue weighted by atomic mass is 9.79. The van der Waals surface area contributed by atoms with Crippen molar-refractivity contribution in [3.8, 4) is 5.75 Å². The highest BCUT2D eigenvalue weighted by atomic mass is 35.5. The predicted octanol–water partition coefficient (Wildman–Crippen LogP) is 5.14. The number of aliphatic carboxylic acids is 1. The van der Waals surface area contributed by atoms with Gasteiger partial charge >= 0.3 is 5.97 Å². The Hall–Kier alpha value is -3.39. The molecule has 14 heteroatoms. The van der Waals surface area contributed by atoms with Crippen molar-refractivity contribution >= 4 is 51.9 Å². The molecule has 3 atom stereocenters.